The largest absolute Gasteiger partial charge is 0.492 e. The highest BCUT2D eigenvalue weighted by Gasteiger charge is 2.19. The normalized spacial score (nSPS) is 12.5. The minimum absolute atomic E-state index is 0.0735. The Morgan fingerprint density at radius 2 is 2.14 bits per heavy atom. The van der Waals surface area contributed by atoms with Crippen molar-refractivity contribution in [3.63, 3.8) is 0 Å². The summed E-state index contributed by atoms with van der Waals surface area (Å²) < 4.78 is 27.9. The number of nitrogens with one attached hydrogen (secondary N) is 1. The maximum absolute atomic E-state index is 11.9. The van der Waals surface area contributed by atoms with Crippen LogP contribution in [0.3, 0.4) is 0 Å². The topological polar surface area (TPSA) is 75.7 Å². The smallest absolute Gasteiger partial charge is 0.317 e. The second-order valence-electron chi connectivity index (χ2n) is 5.09. The third-order valence-corrected chi connectivity index (χ3v) is 4.29. The second kappa shape index (κ2) is 8.24. The molecule has 2 amide bonds. The molecule has 1 atom stereocenters. The number of sulfone groups is 1. The van der Waals surface area contributed by atoms with Gasteiger partial charge in [-0.25, -0.2) is 13.2 Å². The van der Waals surface area contributed by atoms with Gasteiger partial charge in [0.2, 0.25) is 0 Å². The second-order valence-corrected chi connectivity index (χ2v) is 7.71. The maximum atomic E-state index is 11.9. The van der Waals surface area contributed by atoms with Crippen LogP contribution in [0.25, 0.3) is 0 Å². The first-order chi connectivity index (χ1) is 10.2. The van der Waals surface area contributed by atoms with E-state index in [1.807, 2.05) is 0 Å². The van der Waals surface area contributed by atoms with Crippen molar-refractivity contribution < 1.29 is 17.9 Å². The van der Waals surface area contributed by atoms with E-state index in [1.165, 1.54) is 4.90 Å². The van der Waals surface area contributed by atoms with Crippen LogP contribution in [-0.2, 0) is 9.84 Å². The number of benzene rings is 1. The van der Waals surface area contributed by atoms with Gasteiger partial charge in [0.15, 0.2) is 0 Å². The molecule has 0 aromatic heterocycles. The summed E-state index contributed by atoms with van der Waals surface area (Å²) in [7, 11) is -1.57. The molecule has 0 aliphatic heterocycles. The van der Waals surface area contributed by atoms with Crippen LogP contribution in [0.2, 0.25) is 5.02 Å². The Bertz CT molecular complexity index is 607. The van der Waals surface area contributed by atoms with Gasteiger partial charge in [-0.15, -0.1) is 0 Å². The molecule has 6 nitrogen and oxygen atoms in total. The van der Waals surface area contributed by atoms with E-state index in [2.05, 4.69) is 5.32 Å². The van der Waals surface area contributed by atoms with Gasteiger partial charge in [0, 0.05) is 24.4 Å². The van der Waals surface area contributed by atoms with Crippen molar-refractivity contribution in [3.8, 4) is 5.75 Å². The molecule has 0 spiro atoms. The quantitative estimate of drug-likeness (QED) is 0.762. The zero-order valence-electron chi connectivity index (χ0n) is 12.9. The molecule has 22 heavy (non-hydrogen) atoms. The van der Waals surface area contributed by atoms with Gasteiger partial charge in [-0.3, -0.25) is 0 Å². The van der Waals surface area contributed by atoms with Gasteiger partial charge in [-0.05, 0) is 25.1 Å². The molecule has 0 saturated heterocycles. The zero-order valence-corrected chi connectivity index (χ0v) is 14.4. The number of hydrogen-bond acceptors (Lipinski definition) is 4. The first-order valence-corrected chi connectivity index (χ1v) is 9.19. The number of urea groups is 1. The average molecular weight is 349 g/mol. The van der Waals surface area contributed by atoms with Crippen molar-refractivity contribution in [3.05, 3.63) is 29.3 Å². The predicted molar refractivity (Wildman–Crippen MR) is 87.3 cm³/mol. The molecule has 0 aliphatic carbocycles. The molecule has 0 fully saturated rings. The fourth-order valence-corrected chi connectivity index (χ4v) is 3.04. The molecule has 1 aromatic carbocycles. The molecule has 0 unspecified atom stereocenters. The first-order valence-electron chi connectivity index (χ1n) is 6.76. The number of nitrogens with zero attached hydrogens (tertiary/aromatic N) is 1. The Balaban J connectivity index is 2.33. The molecule has 0 heterocycles. The number of carbonyl (C=O) groups is 1. The molecule has 0 aliphatic rings. The lowest BCUT2D eigenvalue weighted by Crippen LogP contribution is -2.45. The van der Waals surface area contributed by atoms with Crippen LogP contribution in [0.4, 0.5) is 4.79 Å². The Morgan fingerprint density at radius 1 is 1.45 bits per heavy atom. The van der Waals surface area contributed by atoms with Gasteiger partial charge in [0.1, 0.15) is 22.2 Å². The first kappa shape index (κ1) is 18.6. The van der Waals surface area contributed by atoms with Crippen molar-refractivity contribution >= 4 is 27.5 Å². The molecule has 8 heteroatoms. The lowest BCUT2D eigenvalue weighted by atomic mass is 10.3. The third kappa shape index (κ3) is 7.00. The van der Waals surface area contributed by atoms with E-state index in [9.17, 15) is 13.2 Å². The average Bonchev–Trinajstić information content (AvgIpc) is 2.40. The van der Waals surface area contributed by atoms with E-state index in [0.29, 0.717) is 23.9 Å². The van der Waals surface area contributed by atoms with E-state index in [-0.39, 0.29) is 11.8 Å². The summed E-state index contributed by atoms with van der Waals surface area (Å²) in [6, 6.07) is 6.23. The highest BCUT2D eigenvalue weighted by atomic mass is 35.5. The maximum Gasteiger partial charge on any atom is 0.317 e. The van der Waals surface area contributed by atoms with Crippen LogP contribution in [0.15, 0.2) is 24.3 Å². The van der Waals surface area contributed by atoms with Crippen LogP contribution < -0.4 is 10.1 Å². The third-order valence-electron chi connectivity index (χ3n) is 2.97. The van der Waals surface area contributed by atoms with Crippen LogP contribution in [0.5, 0.6) is 5.75 Å². The van der Waals surface area contributed by atoms with E-state index in [0.717, 1.165) is 6.26 Å². The zero-order chi connectivity index (χ0) is 16.8. The van der Waals surface area contributed by atoms with Gasteiger partial charge < -0.3 is 15.0 Å². The summed E-state index contributed by atoms with van der Waals surface area (Å²) in [5, 5.41) is 3.25. The molecule has 1 N–H and O–H groups in total. The molecule has 124 valence electrons. The van der Waals surface area contributed by atoms with Gasteiger partial charge in [0.25, 0.3) is 0 Å². The molecule has 0 radical (unpaired) electrons. The summed E-state index contributed by atoms with van der Waals surface area (Å²) in [5.41, 5.74) is 0. The van der Waals surface area contributed by atoms with Crippen molar-refractivity contribution in [1.82, 2.24) is 10.2 Å². The van der Waals surface area contributed by atoms with Crippen molar-refractivity contribution in [2.75, 3.05) is 32.2 Å². The lowest BCUT2D eigenvalue weighted by Gasteiger charge is -2.24. The van der Waals surface area contributed by atoms with Gasteiger partial charge >= 0.3 is 6.03 Å². The standard InChI is InChI=1S/C14H21ClN2O4S/c1-11(10-22(3,19)20)17(2)14(18)16-7-8-21-13-6-4-5-12(15)9-13/h4-6,9,11H,7-8,10H2,1-3H3,(H,16,18)/t11-/m0/s1. The van der Waals surface area contributed by atoms with E-state index in [1.54, 1.807) is 38.2 Å². The Labute approximate surface area is 136 Å². The Kier molecular flexibility index (Phi) is 6.96. The van der Waals surface area contributed by atoms with E-state index < -0.39 is 15.9 Å². The number of hydrogen-bond donors (Lipinski definition) is 1. The summed E-state index contributed by atoms with van der Waals surface area (Å²) in [5.74, 6) is 0.552. The monoisotopic (exact) mass is 348 g/mol. The summed E-state index contributed by atoms with van der Waals surface area (Å²) >= 11 is 5.83. The number of carbonyl (C=O) groups excluding carboxylic acids is 1. The number of ether oxygens (including phenoxy) is 1. The molecule has 1 aromatic rings. The predicted octanol–water partition coefficient (Wildman–Crippen LogP) is 1.79. The van der Waals surface area contributed by atoms with Gasteiger partial charge in [0.05, 0.1) is 12.3 Å². The van der Waals surface area contributed by atoms with Gasteiger partial charge in [-0.1, -0.05) is 17.7 Å². The fourth-order valence-electron chi connectivity index (χ4n) is 1.76. The summed E-state index contributed by atoms with van der Waals surface area (Å²) in [6.45, 7) is 2.28. The van der Waals surface area contributed by atoms with Crippen molar-refractivity contribution in [2.45, 2.75) is 13.0 Å². The van der Waals surface area contributed by atoms with Crippen LogP contribution in [0, 0.1) is 0 Å². The Morgan fingerprint density at radius 3 is 2.73 bits per heavy atom. The minimum Gasteiger partial charge on any atom is -0.492 e. The van der Waals surface area contributed by atoms with Crippen molar-refractivity contribution in [1.29, 1.82) is 0 Å². The SMILES string of the molecule is C[C@@H](CS(C)(=O)=O)N(C)C(=O)NCCOc1cccc(Cl)c1. The van der Waals surface area contributed by atoms with Crippen LogP contribution in [-0.4, -0.2) is 57.6 Å². The molecule has 1 rings (SSSR count). The van der Waals surface area contributed by atoms with E-state index in [4.69, 9.17) is 16.3 Å². The van der Waals surface area contributed by atoms with Gasteiger partial charge in [-0.2, -0.15) is 0 Å². The number of amides is 2. The minimum atomic E-state index is -3.13. The van der Waals surface area contributed by atoms with Crippen LogP contribution in [0.1, 0.15) is 6.92 Å². The fraction of sp³-hybridized carbons (Fsp3) is 0.500. The Hall–Kier alpha value is -1.47. The lowest BCUT2D eigenvalue weighted by molar-refractivity contribution is 0.195. The highest BCUT2D eigenvalue weighted by Crippen LogP contribution is 2.16. The summed E-state index contributed by atoms with van der Waals surface area (Å²) in [6.07, 6.45) is 1.15. The molecule has 0 saturated carbocycles. The van der Waals surface area contributed by atoms with Crippen molar-refractivity contribution in [2.24, 2.45) is 0 Å². The summed E-state index contributed by atoms with van der Waals surface area (Å²) in [4.78, 5) is 13.2. The number of rotatable bonds is 7. The molecular formula is C14H21ClN2O4S. The molecule has 0 bridgehead atoms. The van der Waals surface area contributed by atoms with Crippen LogP contribution >= 0.6 is 11.6 Å². The molecular weight excluding hydrogens is 328 g/mol. The number of halogens is 1. The van der Waals surface area contributed by atoms with E-state index >= 15 is 0 Å². The highest BCUT2D eigenvalue weighted by molar-refractivity contribution is 7.90.